The Morgan fingerprint density at radius 2 is 0.922 bits per heavy atom. The zero-order valence-corrected chi connectivity index (χ0v) is 33.0. The summed E-state index contributed by atoms with van der Waals surface area (Å²) in [4.78, 5) is 26.2. The lowest BCUT2D eigenvalue weighted by Gasteiger charge is -2.17. The summed E-state index contributed by atoms with van der Waals surface area (Å²) in [6.45, 7) is 4.89. The van der Waals surface area contributed by atoms with Crippen molar-refractivity contribution in [2.75, 3.05) is 33.9 Å². The van der Waals surface area contributed by atoms with Crippen LogP contribution in [0.4, 0.5) is 17.6 Å². The predicted octanol–water partition coefficient (Wildman–Crippen LogP) is 12.8. The van der Waals surface area contributed by atoms with Crippen molar-refractivity contribution in [3.05, 3.63) is 24.3 Å². The summed E-state index contributed by atoms with van der Waals surface area (Å²) in [5.74, 6) is -5.60. The molecular weight excluding hydrogens is 658 g/mol. The van der Waals surface area contributed by atoms with E-state index in [9.17, 15) is 27.2 Å². The van der Waals surface area contributed by atoms with Gasteiger partial charge in [0.15, 0.2) is 0 Å². The molecule has 0 fully saturated rings. The molecule has 0 rings (SSSR count). The summed E-state index contributed by atoms with van der Waals surface area (Å²) in [7, 11) is 4.23. The number of rotatable bonds is 36. The monoisotopic (exact) mass is 734 g/mol. The minimum Gasteiger partial charge on any atom is -0.461 e. The van der Waals surface area contributed by atoms with Crippen molar-refractivity contribution in [3.63, 3.8) is 0 Å². The van der Waals surface area contributed by atoms with Gasteiger partial charge in [0.1, 0.15) is 13.2 Å². The molecule has 0 aliphatic heterocycles. The molecule has 0 aromatic heterocycles. The minimum absolute atomic E-state index is 0.0990. The lowest BCUT2D eigenvalue weighted by atomic mass is 9.89. The van der Waals surface area contributed by atoms with Gasteiger partial charge in [-0.05, 0) is 83.0 Å². The summed E-state index contributed by atoms with van der Waals surface area (Å²) in [6, 6.07) is 0. The Balaban J connectivity index is 4.17. The molecule has 0 heterocycles. The van der Waals surface area contributed by atoms with Gasteiger partial charge in [-0.1, -0.05) is 123 Å². The molecule has 300 valence electrons. The van der Waals surface area contributed by atoms with Crippen molar-refractivity contribution in [1.29, 1.82) is 0 Å². The zero-order valence-electron chi connectivity index (χ0n) is 33.0. The maximum Gasteiger partial charge on any atom is 0.306 e. The Bertz CT molecular complexity index is 832. The second kappa shape index (κ2) is 32.7. The molecule has 0 amide bonds. The fourth-order valence-electron chi connectivity index (χ4n) is 6.19. The van der Waals surface area contributed by atoms with Crippen LogP contribution in [-0.4, -0.2) is 62.5 Å². The van der Waals surface area contributed by atoms with Crippen LogP contribution in [0.5, 0.6) is 0 Å². The fourth-order valence-corrected chi connectivity index (χ4v) is 6.19. The van der Waals surface area contributed by atoms with E-state index in [4.69, 9.17) is 9.47 Å². The third kappa shape index (κ3) is 34.9. The van der Waals surface area contributed by atoms with Gasteiger partial charge in [-0.25, -0.2) is 17.6 Å². The van der Waals surface area contributed by atoms with Crippen molar-refractivity contribution >= 4 is 11.9 Å². The second-order valence-electron chi connectivity index (χ2n) is 14.7. The first-order chi connectivity index (χ1) is 24.4. The minimum atomic E-state index is -2.84. The lowest BCUT2D eigenvalue weighted by molar-refractivity contribution is -0.143. The molecule has 51 heavy (non-hydrogen) atoms. The summed E-state index contributed by atoms with van der Waals surface area (Å²) in [5.41, 5.74) is 0. The number of ether oxygens (including phenoxy) is 2. The van der Waals surface area contributed by atoms with Gasteiger partial charge in [0.05, 0.1) is 0 Å². The number of nitrogens with zero attached hydrogens (tertiary/aromatic N) is 1. The number of halogens is 4. The molecule has 0 saturated carbocycles. The van der Waals surface area contributed by atoms with Gasteiger partial charge in [0.25, 0.3) is 11.8 Å². The highest BCUT2D eigenvalue weighted by Crippen LogP contribution is 2.26. The van der Waals surface area contributed by atoms with E-state index in [1.165, 1.54) is 63.5 Å². The Labute approximate surface area is 309 Å². The first-order valence-electron chi connectivity index (χ1n) is 20.5. The van der Waals surface area contributed by atoms with Crippen molar-refractivity contribution in [1.82, 2.24) is 4.90 Å². The highest BCUT2D eigenvalue weighted by molar-refractivity contribution is 5.69. The van der Waals surface area contributed by atoms with Crippen LogP contribution in [0.3, 0.4) is 0 Å². The molecule has 0 aromatic carbocycles. The summed E-state index contributed by atoms with van der Waals surface area (Å²) >= 11 is 0. The van der Waals surface area contributed by atoms with Crippen LogP contribution < -0.4 is 0 Å². The summed E-state index contributed by atoms with van der Waals surface area (Å²) < 4.78 is 65.2. The van der Waals surface area contributed by atoms with Gasteiger partial charge in [0.2, 0.25) is 0 Å². The third-order valence-electron chi connectivity index (χ3n) is 9.34. The number of unbranched alkanes of at least 4 members (excludes halogenated alkanes) is 14. The van der Waals surface area contributed by atoms with Gasteiger partial charge < -0.3 is 14.4 Å². The zero-order chi connectivity index (χ0) is 38.1. The quantitative estimate of drug-likeness (QED) is 0.0278. The van der Waals surface area contributed by atoms with Gasteiger partial charge in [-0.2, -0.15) is 0 Å². The molecule has 0 spiro atoms. The Hall–Kier alpha value is -1.90. The van der Waals surface area contributed by atoms with Crippen LogP contribution in [0.1, 0.15) is 181 Å². The second-order valence-corrected chi connectivity index (χ2v) is 14.7. The molecule has 5 nitrogen and oxygen atoms in total. The molecule has 0 N–H and O–H groups in total. The number of hydrogen-bond acceptors (Lipinski definition) is 5. The average Bonchev–Trinajstić information content (AvgIpc) is 3.07. The van der Waals surface area contributed by atoms with Crippen LogP contribution in [-0.2, 0) is 19.1 Å². The molecule has 0 atom stereocenters. The fraction of sp³-hybridized carbons (Fsp3) is 0.857. The van der Waals surface area contributed by atoms with Crippen LogP contribution in [0.2, 0.25) is 0 Å². The standard InChI is InChI=1S/C42H75F4NO4/c1-5-7-21-31-41(43,44)33-24-36-50-39(48)29-19-13-9-11-16-26-38(28-18-15-23-35-47(3)4)27-17-12-10-14-20-30-40(49)51-37-25-34-42(45,46)32-22-8-6-2/h24-25,33-34,38H,5-23,26-32,35-37H2,1-4H3/b33-24+,34-25+. The topological polar surface area (TPSA) is 55.8 Å². The molecule has 9 heteroatoms. The SMILES string of the molecule is CCCCCC(F)(F)/C=C/COC(=O)CCCCCCCC(CCCCCCCC(=O)OC/C=C/C(F)(F)CCCCC)CCCCCN(C)C. The third-order valence-corrected chi connectivity index (χ3v) is 9.34. The van der Waals surface area contributed by atoms with Crippen LogP contribution in [0.25, 0.3) is 0 Å². The molecule has 0 unspecified atom stereocenters. The summed E-state index contributed by atoms with van der Waals surface area (Å²) in [5, 5.41) is 0. The molecule has 0 aromatic rings. The first kappa shape index (κ1) is 49.1. The van der Waals surface area contributed by atoms with Crippen molar-refractivity contribution in [2.24, 2.45) is 5.92 Å². The van der Waals surface area contributed by atoms with E-state index in [0.29, 0.717) is 25.7 Å². The number of carbonyl (C=O) groups excluding carboxylic acids is 2. The van der Waals surface area contributed by atoms with Gasteiger partial charge in [-0.15, -0.1) is 0 Å². The van der Waals surface area contributed by atoms with E-state index in [0.717, 1.165) is 102 Å². The first-order valence-corrected chi connectivity index (χ1v) is 20.5. The van der Waals surface area contributed by atoms with E-state index in [2.05, 4.69) is 19.0 Å². The number of hydrogen-bond donors (Lipinski definition) is 0. The molecule has 0 aliphatic rings. The van der Waals surface area contributed by atoms with Gasteiger partial charge >= 0.3 is 11.9 Å². The highest BCUT2D eigenvalue weighted by atomic mass is 19.3. The van der Waals surface area contributed by atoms with E-state index >= 15 is 0 Å². The normalized spacial score (nSPS) is 12.6. The van der Waals surface area contributed by atoms with E-state index in [-0.39, 0.29) is 38.0 Å². The van der Waals surface area contributed by atoms with Crippen molar-refractivity contribution in [3.8, 4) is 0 Å². The molecule has 0 saturated heterocycles. The van der Waals surface area contributed by atoms with Crippen LogP contribution in [0, 0.1) is 5.92 Å². The molecular formula is C42H75F4NO4. The van der Waals surface area contributed by atoms with E-state index < -0.39 is 11.8 Å². The molecule has 0 bridgehead atoms. The Morgan fingerprint density at radius 1 is 0.549 bits per heavy atom. The highest BCUT2D eigenvalue weighted by Gasteiger charge is 2.24. The summed E-state index contributed by atoms with van der Waals surface area (Å²) in [6.07, 6.45) is 26.7. The van der Waals surface area contributed by atoms with Crippen molar-refractivity contribution < 1.29 is 36.6 Å². The van der Waals surface area contributed by atoms with Crippen LogP contribution in [0.15, 0.2) is 24.3 Å². The Morgan fingerprint density at radius 3 is 1.31 bits per heavy atom. The number of allylic oxidation sites excluding steroid dienone is 2. The lowest BCUT2D eigenvalue weighted by Crippen LogP contribution is -2.12. The number of carbonyl (C=O) groups is 2. The van der Waals surface area contributed by atoms with E-state index in [1.807, 2.05) is 13.8 Å². The maximum atomic E-state index is 13.8. The van der Waals surface area contributed by atoms with E-state index in [1.54, 1.807) is 0 Å². The molecule has 0 aliphatic carbocycles. The number of alkyl halides is 4. The number of esters is 2. The van der Waals surface area contributed by atoms with Crippen LogP contribution >= 0.6 is 0 Å². The van der Waals surface area contributed by atoms with Crippen molar-refractivity contribution in [2.45, 2.75) is 193 Å². The van der Waals surface area contributed by atoms with Gasteiger partial charge in [0, 0.05) is 25.7 Å². The smallest absolute Gasteiger partial charge is 0.306 e. The molecule has 0 radical (unpaired) electrons. The average molecular weight is 734 g/mol. The van der Waals surface area contributed by atoms with Gasteiger partial charge in [-0.3, -0.25) is 9.59 Å². The maximum absolute atomic E-state index is 13.8. The predicted molar refractivity (Wildman–Crippen MR) is 204 cm³/mol. The Kier molecular flexibility index (Phi) is 31.5. The largest absolute Gasteiger partial charge is 0.461 e.